The minimum Gasteiger partial charge on any atom is -0.243 e. The Morgan fingerprint density at radius 2 is 1.65 bits per heavy atom. The fourth-order valence-electron chi connectivity index (χ4n) is 1.73. The van der Waals surface area contributed by atoms with E-state index in [9.17, 15) is 0 Å². The highest BCUT2D eigenvalue weighted by Crippen LogP contribution is 2.22. The maximum absolute atomic E-state index is 4.65. The van der Waals surface area contributed by atoms with E-state index in [2.05, 4.69) is 49.9 Å². The lowest BCUT2D eigenvalue weighted by atomic mass is 10.2. The molecule has 0 saturated carbocycles. The van der Waals surface area contributed by atoms with E-state index in [1.807, 2.05) is 22.9 Å². The van der Waals surface area contributed by atoms with Gasteiger partial charge in [-0.2, -0.15) is 5.10 Å². The number of hydrogen-bond donors (Lipinski definition) is 0. The SMILES string of the molecule is CC(C)c1nc(-c2ccccc2)n(C(C)C)n1. The van der Waals surface area contributed by atoms with Crippen LogP contribution in [0.3, 0.4) is 0 Å². The van der Waals surface area contributed by atoms with E-state index in [1.165, 1.54) is 0 Å². The number of aromatic nitrogens is 3. The molecule has 2 aromatic rings. The van der Waals surface area contributed by atoms with Gasteiger partial charge >= 0.3 is 0 Å². The smallest absolute Gasteiger partial charge is 0.158 e. The first-order chi connectivity index (χ1) is 8.09. The van der Waals surface area contributed by atoms with E-state index >= 15 is 0 Å². The second-order valence-electron chi connectivity index (χ2n) is 4.85. The standard InChI is InChI=1S/C14H19N3/c1-10(2)13-15-14(17(16-13)11(3)4)12-8-6-5-7-9-12/h5-11H,1-4H3. The van der Waals surface area contributed by atoms with Gasteiger partial charge in [0.2, 0.25) is 0 Å². The van der Waals surface area contributed by atoms with Gasteiger partial charge in [0.1, 0.15) is 0 Å². The molecular formula is C14H19N3. The van der Waals surface area contributed by atoms with Crippen molar-refractivity contribution in [1.82, 2.24) is 14.8 Å². The maximum Gasteiger partial charge on any atom is 0.158 e. The van der Waals surface area contributed by atoms with Gasteiger partial charge in [-0.1, -0.05) is 44.2 Å². The Morgan fingerprint density at radius 3 is 2.18 bits per heavy atom. The van der Waals surface area contributed by atoms with Crippen molar-refractivity contribution >= 4 is 0 Å². The average Bonchev–Trinajstić information content (AvgIpc) is 2.75. The molecule has 0 aliphatic rings. The fraction of sp³-hybridized carbons (Fsp3) is 0.429. The lowest BCUT2D eigenvalue weighted by molar-refractivity contribution is 0.528. The zero-order valence-corrected chi connectivity index (χ0v) is 10.9. The van der Waals surface area contributed by atoms with Crippen molar-refractivity contribution in [3.63, 3.8) is 0 Å². The third-order valence-corrected chi connectivity index (χ3v) is 2.69. The van der Waals surface area contributed by atoms with E-state index in [4.69, 9.17) is 0 Å². The Morgan fingerprint density at radius 1 is 1.00 bits per heavy atom. The molecule has 90 valence electrons. The van der Waals surface area contributed by atoms with Gasteiger partial charge in [-0.3, -0.25) is 0 Å². The maximum atomic E-state index is 4.65. The zero-order valence-electron chi connectivity index (χ0n) is 10.9. The molecule has 0 saturated heterocycles. The lowest BCUT2D eigenvalue weighted by Crippen LogP contribution is -2.05. The van der Waals surface area contributed by atoms with Crippen molar-refractivity contribution < 1.29 is 0 Å². The molecule has 0 amide bonds. The molecule has 1 heterocycles. The largest absolute Gasteiger partial charge is 0.243 e. The third-order valence-electron chi connectivity index (χ3n) is 2.69. The highest BCUT2D eigenvalue weighted by molar-refractivity contribution is 5.55. The quantitative estimate of drug-likeness (QED) is 0.804. The monoisotopic (exact) mass is 229 g/mol. The molecule has 0 fully saturated rings. The van der Waals surface area contributed by atoms with Crippen LogP contribution in [-0.4, -0.2) is 14.8 Å². The zero-order chi connectivity index (χ0) is 12.4. The van der Waals surface area contributed by atoms with Gasteiger partial charge in [-0.25, -0.2) is 9.67 Å². The van der Waals surface area contributed by atoms with Crippen LogP contribution in [0.1, 0.15) is 45.5 Å². The lowest BCUT2D eigenvalue weighted by Gasteiger charge is -2.08. The molecular weight excluding hydrogens is 210 g/mol. The number of nitrogens with zero attached hydrogens (tertiary/aromatic N) is 3. The summed E-state index contributed by atoms with van der Waals surface area (Å²) in [5.74, 6) is 2.24. The van der Waals surface area contributed by atoms with Crippen molar-refractivity contribution in [3.05, 3.63) is 36.2 Å². The summed E-state index contributed by atoms with van der Waals surface area (Å²) in [7, 11) is 0. The van der Waals surface area contributed by atoms with Gasteiger partial charge in [0.15, 0.2) is 11.6 Å². The molecule has 0 N–H and O–H groups in total. The van der Waals surface area contributed by atoms with Gasteiger partial charge < -0.3 is 0 Å². The van der Waals surface area contributed by atoms with Crippen molar-refractivity contribution in [2.75, 3.05) is 0 Å². The number of benzene rings is 1. The molecule has 0 radical (unpaired) electrons. The molecule has 1 aromatic carbocycles. The minimum atomic E-state index is 0.324. The third kappa shape index (κ3) is 2.38. The van der Waals surface area contributed by atoms with Crippen molar-refractivity contribution in [2.45, 2.75) is 39.7 Å². The Hall–Kier alpha value is -1.64. The van der Waals surface area contributed by atoms with Gasteiger partial charge in [0, 0.05) is 17.5 Å². The molecule has 0 aliphatic heterocycles. The highest BCUT2D eigenvalue weighted by atomic mass is 15.4. The first-order valence-corrected chi connectivity index (χ1v) is 6.11. The summed E-state index contributed by atoms with van der Waals surface area (Å²) >= 11 is 0. The van der Waals surface area contributed by atoms with Crippen LogP contribution in [0.15, 0.2) is 30.3 Å². The predicted octanol–water partition coefficient (Wildman–Crippen LogP) is 3.65. The average molecular weight is 229 g/mol. The molecule has 0 bridgehead atoms. The topological polar surface area (TPSA) is 30.7 Å². The Bertz CT molecular complexity index is 483. The second-order valence-corrected chi connectivity index (χ2v) is 4.85. The molecule has 17 heavy (non-hydrogen) atoms. The Kier molecular flexibility index (Phi) is 3.27. The van der Waals surface area contributed by atoms with Crippen LogP contribution in [0.4, 0.5) is 0 Å². The van der Waals surface area contributed by atoms with E-state index in [1.54, 1.807) is 0 Å². The van der Waals surface area contributed by atoms with E-state index in [-0.39, 0.29) is 0 Å². The minimum absolute atomic E-state index is 0.324. The molecule has 0 spiro atoms. The summed E-state index contributed by atoms with van der Waals surface area (Å²) in [6.45, 7) is 8.50. The number of hydrogen-bond acceptors (Lipinski definition) is 2. The summed E-state index contributed by atoms with van der Waals surface area (Å²) in [6.07, 6.45) is 0. The summed E-state index contributed by atoms with van der Waals surface area (Å²) in [5, 5.41) is 4.59. The van der Waals surface area contributed by atoms with E-state index in [0.717, 1.165) is 17.2 Å². The van der Waals surface area contributed by atoms with Crippen LogP contribution in [0, 0.1) is 0 Å². The fourth-order valence-corrected chi connectivity index (χ4v) is 1.73. The molecule has 0 aliphatic carbocycles. The Balaban J connectivity index is 2.52. The summed E-state index contributed by atoms with van der Waals surface area (Å²) in [4.78, 5) is 4.65. The van der Waals surface area contributed by atoms with E-state index < -0.39 is 0 Å². The summed E-state index contributed by atoms with van der Waals surface area (Å²) in [5.41, 5.74) is 1.13. The van der Waals surface area contributed by atoms with Crippen LogP contribution in [0.25, 0.3) is 11.4 Å². The van der Waals surface area contributed by atoms with E-state index in [0.29, 0.717) is 12.0 Å². The molecule has 1 aromatic heterocycles. The predicted molar refractivity (Wildman–Crippen MR) is 69.9 cm³/mol. The molecule has 0 unspecified atom stereocenters. The first-order valence-electron chi connectivity index (χ1n) is 6.11. The van der Waals surface area contributed by atoms with Crippen molar-refractivity contribution in [3.8, 4) is 11.4 Å². The van der Waals surface area contributed by atoms with Crippen LogP contribution < -0.4 is 0 Å². The van der Waals surface area contributed by atoms with Crippen molar-refractivity contribution in [1.29, 1.82) is 0 Å². The second kappa shape index (κ2) is 4.70. The highest BCUT2D eigenvalue weighted by Gasteiger charge is 2.15. The van der Waals surface area contributed by atoms with Crippen LogP contribution >= 0.6 is 0 Å². The molecule has 2 rings (SSSR count). The van der Waals surface area contributed by atoms with Gasteiger partial charge in [-0.15, -0.1) is 0 Å². The van der Waals surface area contributed by atoms with Crippen LogP contribution in [0.5, 0.6) is 0 Å². The number of rotatable bonds is 3. The van der Waals surface area contributed by atoms with Gasteiger partial charge in [-0.05, 0) is 13.8 Å². The summed E-state index contributed by atoms with van der Waals surface area (Å²) in [6, 6.07) is 10.6. The van der Waals surface area contributed by atoms with Crippen LogP contribution in [0.2, 0.25) is 0 Å². The molecule has 3 nitrogen and oxygen atoms in total. The van der Waals surface area contributed by atoms with Gasteiger partial charge in [0.25, 0.3) is 0 Å². The molecule has 0 atom stereocenters. The Labute approximate surface area is 103 Å². The van der Waals surface area contributed by atoms with Crippen molar-refractivity contribution in [2.24, 2.45) is 0 Å². The summed E-state index contributed by atoms with van der Waals surface area (Å²) < 4.78 is 2.00. The molecule has 3 heteroatoms. The first kappa shape index (κ1) is 11.8. The van der Waals surface area contributed by atoms with Gasteiger partial charge in [0.05, 0.1) is 0 Å². The van der Waals surface area contributed by atoms with Crippen LogP contribution in [-0.2, 0) is 0 Å². The normalized spacial score (nSPS) is 11.4.